The molecule has 0 radical (unpaired) electrons. The Labute approximate surface area is 123 Å². The number of hydrogen-bond acceptors (Lipinski definition) is 3. The quantitative estimate of drug-likeness (QED) is 0.715. The molecular formula is C18H16N2O. The lowest BCUT2D eigenvalue weighted by Gasteiger charge is -2.29. The Hall–Kier alpha value is -2.39. The van der Waals surface area contributed by atoms with Crippen LogP contribution < -0.4 is 4.74 Å². The summed E-state index contributed by atoms with van der Waals surface area (Å²) in [7, 11) is 0. The maximum Gasteiger partial charge on any atom is 0.142 e. The van der Waals surface area contributed by atoms with Crippen molar-refractivity contribution in [1.82, 2.24) is 9.88 Å². The van der Waals surface area contributed by atoms with Gasteiger partial charge in [0.25, 0.3) is 0 Å². The first-order valence-corrected chi connectivity index (χ1v) is 7.15. The zero-order chi connectivity index (χ0) is 14.1. The maximum absolute atomic E-state index is 5.92. The van der Waals surface area contributed by atoms with Gasteiger partial charge in [0.05, 0.1) is 0 Å². The summed E-state index contributed by atoms with van der Waals surface area (Å²) < 4.78 is 5.92. The molecule has 0 saturated carbocycles. The molecule has 104 valence electrons. The van der Waals surface area contributed by atoms with Crippen molar-refractivity contribution < 1.29 is 4.74 Å². The van der Waals surface area contributed by atoms with E-state index in [4.69, 9.17) is 4.74 Å². The molecule has 0 N–H and O–H groups in total. The summed E-state index contributed by atoms with van der Waals surface area (Å²) in [6, 6.07) is 16.8. The Morgan fingerprint density at radius 2 is 2.00 bits per heavy atom. The fourth-order valence-electron chi connectivity index (χ4n) is 2.90. The fraction of sp³-hybridized carbons (Fsp3) is 0.167. The molecule has 1 aliphatic heterocycles. The van der Waals surface area contributed by atoms with Crippen LogP contribution in [0.25, 0.3) is 10.8 Å². The highest BCUT2D eigenvalue weighted by molar-refractivity contribution is 5.87. The van der Waals surface area contributed by atoms with E-state index in [2.05, 4.69) is 52.3 Å². The molecular weight excluding hydrogens is 260 g/mol. The average Bonchev–Trinajstić information content (AvgIpc) is 2.56. The Morgan fingerprint density at radius 1 is 1.05 bits per heavy atom. The third-order valence-electron chi connectivity index (χ3n) is 3.91. The number of ether oxygens (including phenoxy) is 1. The molecule has 4 rings (SSSR count). The van der Waals surface area contributed by atoms with E-state index in [-0.39, 0.29) is 0 Å². The van der Waals surface area contributed by atoms with Gasteiger partial charge in [0.15, 0.2) is 0 Å². The molecule has 0 saturated heterocycles. The predicted octanol–water partition coefficient (Wildman–Crippen LogP) is 3.59. The SMILES string of the molecule is c1cncc(CN2COc3ccc4ccccc4c3C2)c1. The van der Waals surface area contributed by atoms with E-state index in [0.29, 0.717) is 6.73 Å². The molecule has 1 aromatic heterocycles. The number of pyridine rings is 1. The van der Waals surface area contributed by atoms with Crippen LogP contribution in [0.1, 0.15) is 11.1 Å². The van der Waals surface area contributed by atoms with Gasteiger partial charge in [-0.15, -0.1) is 0 Å². The fourth-order valence-corrected chi connectivity index (χ4v) is 2.90. The van der Waals surface area contributed by atoms with Crippen molar-refractivity contribution in [1.29, 1.82) is 0 Å². The van der Waals surface area contributed by atoms with Gasteiger partial charge in [-0.3, -0.25) is 9.88 Å². The van der Waals surface area contributed by atoms with Crippen LogP contribution in [0.3, 0.4) is 0 Å². The maximum atomic E-state index is 5.92. The van der Waals surface area contributed by atoms with E-state index in [1.165, 1.54) is 21.9 Å². The normalized spacial score (nSPS) is 14.7. The Morgan fingerprint density at radius 3 is 2.90 bits per heavy atom. The van der Waals surface area contributed by atoms with Gasteiger partial charge < -0.3 is 4.74 Å². The monoisotopic (exact) mass is 276 g/mol. The van der Waals surface area contributed by atoms with Gasteiger partial charge in [-0.05, 0) is 28.5 Å². The topological polar surface area (TPSA) is 25.4 Å². The van der Waals surface area contributed by atoms with Gasteiger partial charge >= 0.3 is 0 Å². The number of rotatable bonds is 2. The van der Waals surface area contributed by atoms with Crippen LogP contribution >= 0.6 is 0 Å². The van der Waals surface area contributed by atoms with E-state index in [1.807, 2.05) is 12.3 Å². The van der Waals surface area contributed by atoms with Crippen LogP contribution in [0.15, 0.2) is 60.9 Å². The second kappa shape index (κ2) is 5.19. The molecule has 0 fully saturated rings. The first-order chi connectivity index (χ1) is 10.4. The number of aromatic nitrogens is 1. The lowest BCUT2D eigenvalue weighted by atomic mass is 10.0. The molecule has 0 atom stereocenters. The van der Waals surface area contributed by atoms with Crippen LogP contribution in [0, 0.1) is 0 Å². The summed E-state index contributed by atoms with van der Waals surface area (Å²) in [6.07, 6.45) is 3.72. The van der Waals surface area contributed by atoms with Gasteiger partial charge in [0.1, 0.15) is 12.5 Å². The van der Waals surface area contributed by atoms with Crippen molar-refractivity contribution in [3.05, 3.63) is 72.1 Å². The second-order valence-electron chi connectivity index (χ2n) is 5.39. The van der Waals surface area contributed by atoms with Gasteiger partial charge in [0, 0.05) is 31.0 Å². The molecule has 0 bridgehead atoms. The molecule has 2 heterocycles. The van der Waals surface area contributed by atoms with Gasteiger partial charge in [-0.2, -0.15) is 0 Å². The molecule has 0 amide bonds. The number of benzene rings is 2. The largest absolute Gasteiger partial charge is 0.478 e. The molecule has 0 unspecified atom stereocenters. The van der Waals surface area contributed by atoms with E-state index in [1.54, 1.807) is 6.20 Å². The second-order valence-corrected chi connectivity index (χ2v) is 5.39. The summed E-state index contributed by atoms with van der Waals surface area (Å²) >= 11 is 0. The Kier molecular flexibility index (Phi) is 3.05. The third kappa shape index (κ3) is 2.36. The first-order valence-electron chi connectivity index (χ1n) is 7.15. The van der Waals surface area contributed by atoms with Crippen LogP contribution in [0.2, 0.25) is 0 Å². The third-order valence-corrected chi connectivity index (χ3v) is 3.91. The molecule has 0 aliphatic carbocycles. The van der Waals surface area contributed by atoms with E-state index in [0.717, 1.165) is 18.8 Å². The van der Waals surface area contributed by atoms with Gasteiger partial charge in [-0.1, -0.05) is 36.4 Å². The summed E-state index contributed by atoms with van der Waals surface area (Å²) in [5.74, 6) is 1.01. The zero-order valence-electron chi connectivity index (χ0n) is 11.7. The number of nitrogens with zero attached hydrogens (tertiary/aromatic N) is 2. The standard InChI is InChI=1S/C18H16N2O/c1-2-6-16-15(5-1)7-8-18-17(16)12-20(13-21-18)11-14-4-3-9-19-10-14/h1-10H,11-13H2. The molecule has 0 spiro atoms. The smallest absolute Gasteiger partial charge is 0.142 e. The highest BCUT2D eigenvalue weighted by atomic mass is 16.5. The lowest BCUT2D eigenvalue weighted by molar-refractivity contribution is 0.0896. The first kappa shape index (κ1) is 12.4. The highest BCUT2D eigenvalue weighted by Gasteiger charge is 2.19. The molecule has 3 aromatic rings. The number of fused-ring (bicyclic) bond motifs is 3. The minimum absolute atomic E-state index is 0.625. The van der Waals surface area contributed by atoms with Crippen LogP contribution in [-0.2, 0) is 13.1 Å². The van der Waals surface area contributed by atoms with E-state index < -0.39 is 0 Å². The summed E-state index contributed by atoms with van der Waals surface area (Å²) in [5.41, 5.74) is 2.49. The minimum Gasteiger partial charge on any atom is -0.478 e. The summed E-state index contributed by atoms with van der Waals surface area (Å²) in [6.45, 7) is 2.39. The van der Waals surface area contributed by atoms with Crippen molar-refractivity contribution in [3.8, 4) is 5.75 Å². The van der Waals surface area contributed by atoms with Crippen molar-refractivity contribution in [3.63, 3.8) is 0 Å². The number of hydrogen-bond donors (Lipinski definition) is 0. The van der Waals surface area contributed by atoms with Crippen LogP contribution in [-0.4, -0.2) is 16.6 Å². The van der Waals surface area contributed by atoms with E-state index in [9.17, 15) is 0 Å². The van der Waals surface area contributed by atoms with Gasteiger partial charge in [-0.25, -0.2) is 0 Å². The summed E-state index contributed by atoms with van der Waals surface area (Å²) in [4.78, 5) is 6.47. The Balaban J connectivity index is 1.66. The molecule has 3 heteroatoms. The van der Waals surface area contributed by atoms with E-state index >= 15 is 0 Å². The molecule has 3 nitrogen and oxygen atoms in total. The Bertz CT molecular complexity index is 771. The molecule has 21 heavy (non-hydrogen) atoms. The minimum atomic E-state index is 0.625. The summed E-state index contributed by atoms with van der Waals surface area (Å²) in [5, 5.41) is 2.55. The van der Waals surface area contributed by atoms with Crippen molar-refractivity contribution >= 4 is 10.8 Å². The van der Waals surface area contributed by atoms with Crippen LogP contribution in [0.4, 0.5) is 0 Å². The van der Waals surface area contributed by atoms with Gasteiger partial charge in [0.2, 0.25) is 0 Å². The van der Waals surface area contributed by atoms with Crippen molar-refractivity contribution in [2.75, 3.05) is 6.73 Å². The van der Waals surface area contributed by atoms with Crippen molar-refractivity contribution in [2.45, 2.75) is 13.1 Å². The lowest BCUT2D eigenvalue weighted by Crippen LogP contribution is -2.31. The van der Waals surface area contributed by atoms with Crippen molar-refractivity contribution in [2.24, 2.45) is 0 Å². The zero-order valence-corrected chi connectivity index (χ0v) is 11.7. The predicted molar refractivity (Wildman–Crippen MR) is 82.9 cm³/mol. The van der Waals surface area contributed by atoms with Crippen LogP contribution in [0.5, 0.6) is 5.75 Å². The highest BCUT2D eigenvalue weighted by Crippen LogP contribution is 2.32. The average molecular weight is 276 g/mol. The molecule has 2 aromatic carbocycles. The molecule has 1 aliphatic rings.